The van der Waals surface area contributed by atoms with Crippen LogP contribution >= 0.6 is 28.7 Å². The van der Waals surface area contributed by atoms with E-state index in [0.717, 1.165) is 19.4 Å². The van der Waals surface area contributed by atoms with Crippen LogP contribution in [0.5, 0.6) is 0 Å². The van der Waals surface area contributed by atoms with Gasteiger partial charge in [0.1, 0.15) is 0 Å². The van der Waals surface area contributed by atoms with Crippen molar-refractivity contribution in [2.45, 2.75) is 36.5 Å². The Kier molecular flexibility index (Phi) is 6.02. The molecule has 1 aromatic rings. The fourth-order valence-corrected chi connectivity index (χ4v) is 3.27. The number of thioether (sulfide) groups is 1. The monoisotopic (exact) mass is 331 g/mol. The number of hydrogen-bond donors (Lipinski definition) is 1. The number of unbranched alkanes of at least 4 members (excludes halogenated alkanes) is 1. The van der Waals surface area contributed by atoms with Gasteiger partial charge in [-0.05, 0) is 31.9 Å². The first-order valence-corrected chi connectivity index (χ1v) is 6.80. The van der Waals surface area contributed by atoms with Gasteiger partial charge in [0.05, 0.1) is 11.1 Å². The first-order chi connectivity index (χ1) is 8.18. The van der Waals surface area contributed by atoms with E-state index in [9.17, 15) is 4.79 Å². The van der Waals surface area contributed by atoms with Crippen LogP contribution in [0.15, 0.2) is 29.2 Å². The highest BCUT2D eigenvalue weighted by molar-refractivity contribution is 8.93. The van der Waals surface area contributed by atoms with Crippen molar-refractivity contribution in [1.29, 1.82) is 0 Å². The fraction of sp³-hybridized carbons (Fsp3) is 0.462. The largest absolute Gasteiger partial charge is 0.481 e. The van der Waals surface area contributed by atoms with Gasteiger partial charge in [-0.25, -0.2) is 0 Å². The van der Waals surface area contributed by atoms with Crippen molar-refractivity contribution in [3.63, 3.8) is 0 Å². The summed E-state index contributed by atoms with van der Waals surface area (Å²) in [4.78, 5) is 14.1. The number of fused-ring (bicyclic) bond motifs is 1. The maximum Gasteiger partial charge on any atom is 0.303 e. The van der Waals surface area contributed by atoms with Crippen molar-refractivity contribution in [3.05, 3.63) is 24.3 Å². The van der Waals surface area contributed by atoms with Crippen LogP contribution in [0.1, 0.15) is 26.2 Å². The molecule has 0 bridgehead atoms. The normalized spacial score (nSPS) is 17.2. The lowest BCUT2D eigenvalue weighted by Crippen LogP contribution is -2.27. The molecule has 1 unspecified atom stereocenters. The van der Waals surface area contributed by atoms with Crippen LogP contribution in [0.3, 0.4) is 0 Å². The molecule has 18 heavy (non-hydrogen) atoms. The Morgan fingerprint density at radius 3 is 2.83 bits per heavy atom. The zero-order valence-corrected chi connectivity index (χ0v) is 12.9. The summed E-state index contributed by atoms with van der Waals surface area (Å²) >= 11 is 1.87. The highest BCUT2D eigenvalue weighted by Gasteiger charge is 2.25. The molecule has 0 spiro atoms. The molecule has 5 heteroatoms. The van der Waals surface area contributed by atoms with Crippen molar-refractivity contribution < 1.29 is 9.90 Å². The molecule has 100 valence electrons. The average molecular weight is 332 g/mol. The second-order valence-corrected chi connectivity index (χ2v) is 5.59. The Bertz CT molecular complexity index is 414. The summed E-state index contributed by atoms with van der Waals surface area (Å²) in [7, 11) is 0. The first-order valence-electron chi connectivity index (χ1n) is 5.92. The summed E-state index contributed by atoms with van der Waals surface area (Å²) < 4.78 is 0. The maximum atomic E-state index is 10.4. The predicted octanol–water partition coefficient (Wildman–Crippen LogP) is 3.78. The van der Waals surface area contributed by atoms with E-state index in [0.29, 0.717) is 5.37 Å². The minimum absolute atomic E-state index is 0. The zero-order valence-electron chi connectivity index (χ0n) is 10.3. The van der Waals surface area contributed by atoms with Crippen LogP contribution in [-0.4, -0.2) is 23.0 Å². The minimum atomic E-state index is -0.700. The summed E-state index contributed by atoms with van der Waals surface area (Å²) in [5, 5.41) is 9.05. The molecule has 1 aliphatic heterocycles. The molecular weight excluding hydrogens is 314 g/mol. The van der Waals surface area contributed by atoms with E-state index < -0.39 is 5.97 Å². The lowest BCUT2D eigenvalue weighted by atomic mass is 10.2. The number of rotatable bonds is 5. The SMILES string of the molecule is Br.CC1Sc2ccccc2N1CCCCC(=O)O. The van der Waals surface area contributed by atoms with Crippen LogP contribution in [0.2, 0.25) is 0 Å². The van der Waals surface area contributed by atoms with Gasteiger partial charge in [0.15, 0.2) is 0 Å². The number of anilines is 1. The van der Waals surface area contributed by atoms with Gasteiger partial charge in [-0.15, -0.1) is 17.0 Å². The Balaban J connectivity index is 0.00000162. The number of hydrogen-bond acceptors (Lipinski definition) is 3. The van der Waals surface area contributed by atoms with Crippen LogP contribution in [-0.2, 0) is 4.79 Å². The summed E-state index contributed by atoms with van der Waals surface area (Å²) in [6.07, 6.45) is 1.97. The topological polar surface area (TPSA) is 40.5 Å². The van der Waals surface area contributed by atoms with Gasteiger partial charge in [-0.3, -0.25) is 4.79 Å². The number of para-hydroxylation sites is 1. The Labute approximate surface area is 122 Å². The Morgan fingerprint density at radius 2 is 2.11 bits per heavy atom. The van der Waals surface area contributed by atoms with E-state index >= 15 is 0 Å². The molecule has 0 amide bonds. The molecule has 0 saturated heterocycles. The van der Waals surface area contributed by atoms with Crippen LogP contribution in [0.25, 0.3) is 0 Å². The second-order valence-electron chi connectivity index (χ2n) is 4.23. The van der Waals surface area contributed by atoms with Gasteiger partial charge >= 0.3 is 5.97 Å². The molecule has 0 aromatic heterocycles. The third-order valence-electron chi connectivity index (χ3n) is 2.95. The summed E-state index contributed by atoms with van der Waals surface area (Å²) in [5.41, 5.74) is 1.29. The number of benzene rings is 1. The van der Waals surface area contributed by atoms with Crippen molar-refractivity contribution in [2.75, 3.05) is 11.4 Å². The number of carboxylic acids is 1. The van der Waals surface area contributed by atoms with E-state index in [1.54, 1.807) is 0 Å². The zero-order chi connectivity index (χ0) is 12.3. The van der Waals surface area contributed by atoms with Gasteiger partial charge in [-0.2, -0.15) is 0 Å². The molecule has 0 radical (unpaired) electrons. The molecule has 0 aliphatic carbocycles. The second kappa shape index (κ2) is 7.04. The summed E-state index contributed by atoms with van der Waals surface area (Å²) in [5.74, 6) is -0.700. The quantitative estimate of drug-likeness (QED) is 0.833. The molecule has 1 aromatic carbocycles. The van der Waals surface area contributed by atoms with Gasteiger partial charge in [0, 0.05) is 17.9 Å². The number of aliphatic carboxylic acids is 1. The first kappa shape index (κ1) is 15.4. The van der Waals surface area contributed by atoms with Crippen LogP contribution in [0, 0.1) is 0 Å². The minimum Gasteiger partial charge on any atom is -0.481 e. The molecular formula is C13H18BrNO2S. The van der Waals surface area contributed by atoms with Crippen LogP contribution < -0.4 is 4.90 Å². The van der Waals surface area contributed by atoms with E-state index in [-0.39, 0.29) is 23.4 Å². The summed E-state index contributed by atoms with van der Waals surface area (Å²) in [6, 6.07) is 8.41. The smallest absolute Gasteiger partial charge is 0.303 e. The lowest BCUT2D eigenvalue weighted by Gasteiger charge is -2.23. The number of carbonyl (C=O) groups is 1. The van der Waals surface area contributed by atoms with Crippen molar-refractivity contribution in [3.8, 4) is 0 Å². The van der Waals surface area contributed by atoms with Gasteiger partial charge in [0.25, 0.3) is 0 Å². The predicted molar refractivity (Wildman–Crippen MR) is 80.9 cm³/mol. The van der Waals surface area contributed by atoms with E-state index in [1.807, 2.05) is 11.8 Å². The number of carboxylic acid groups (broad SMARTS) is 1. The fourth-order valence-electron chi connectivity index (χ4n) is 2.10. The number of halogens is 1. The number of nitrogens with zero attached hydrogens (tertiary/aromatic N) is 1. The van der Waals surface area contributed by atoms with Gasteiger partial charge in [0.2, 0.25) is 0 Å². The Hall–Kier alpha value is -0.680. The van der Waals surface area contributed by atoms with E-state index in [1.165, 1.54) is 10.6 Å². The molecule has 1 N–H and O–H groups in total. The van der Waals surface area contributed by atoms with Gasteiger partial charge in [-0.1, -0.05) is 23.9 Å². The highest BCUT2D eigenvalue weighted by atomic mass is 79.9. The summed E-state index contributed by atoms with van der Waals surface area (Å²) in [6.45, 7) is 3.14. The maximum absolute atomic E-state index is 10.4. The lowest BCUT2D eigenvalue weighted by molar-refractivity contribution is -0.137. The third-order valence-corrected chi connectivity index (χ3v) is 4.15. The molecule has 3 nitrogen and oxygen atoms in total. The standard InChI is InChI=1S/C13H17NO2S.BrH/c1-10-14(9-5-4-8-13(15)16)11-6-2-3-7-12(11)17-10;/h2-3,6-7,10H,4-5,8-9H2,1H3,(H,15,16);1H. The van der Waals surface area contributed by atoms with Crippen molar-refractivity contribution in [1.82, 2.24) is 0 Å². The highest BCUT2D eigenvalue weighted by Crippen LogP contribution is 2.42. The van der Waals surface area contributed by atoms with Gasteiger partial charge < -0.3 is 10.0 Å². The molecule has 1 aliphatic rings. The third kappa shape index (κ3) is 3.65. The van der Waals surface area contributed by atoms with Crippen molar-refractivity contribution in [2.24, 2.45) is 0 Å². The molecule has 1 heterocycles. The van der Waals surface area contributed by atoms with Crippen LogP contribution in [0.4, 0.5) is 5.69 Å². The molecule has 0 saturated carbocycles. The average Bonchev–Trinajstić information content (AvgIpc) is 2.60. The Morgan fingerprint density at radius 1 is 1.39 bits per heavy atom. The molecule has 0 fully saturated rings. The van der Waals surface area contributed by atoms with E-state index in [2.05, 4.69) is 36.1 Å². The molecule has 1 atom stereocenters. The van der Waals surface area contributed by atoms with Crippen molar-refractivity contribution >= 4 is 40.4 Å². The molecule has 2 rings (SSSR count). The van der Waals surface area contributed by atoms with E-state index in [4.69, 9.17) is 5.11 Å².